The number of nitrogens with zero attached hydrogens (tertiary/aromatic N) is 9. The topological polar surface area (TPSA) is 91.2 Å². The summed E-state index contributed by atoms with van der Waals surface area (Å²) in [4.78, 5) is 14.5. The smallest absolute Gasteiger partial charge is 0.128 e. The Morgan fingerprint density at radius 2 is 1.85 bits per heavy atom. The van der Waals surface area contributed by atoms with Crippen LogP contribution in [-0.2, 0) is 7.05 Å². The first-order valence-electron chi connectivity index (χ1n) is 13.4. The number of pyridine rings is 3. The molecule has 9 heteroatoms. The number of aryl methyl sites for hydroxylation is 1. The third kappa shape index (κ3) is 3.91. The number of terminal acetylenes is 1. The highest BCUT2D eigenvalue weighted by molar-refractivity contribution is 5.87. The molecule has 0 radical (unpaired) electrons. The van der Waals surface area contributed by atoms with Gasteiger partial charge in [-0.2, -0.15) is 15.5 Å². The van der Waals surface area contributed by atoms with E-state index in [4.69, 9.17) is 11.4 Å². The Bertz CT molecular complexity index is 1810. The Morgan fingerprint density at radius 1 is 1.00 bits per heavy atom. The Labute approximate surface area is 232 Å². The number of piperazine rings is 1. The van der Waals surface area contributed by atoms with Crippen molar-refractivity contribution in [3.05, 3.63) is 84.3 Å². The summed E-state index contributed by atoms with van der Waals surface area (Å²) in [5.74, 6) is 3.61. The highest BCUT2D eigenvalue weighted by Gasteiger charge is 2.47. The number of piperidine rings is 1. The van der Waals surface area contributed by atoms with Gasteiger partial charge in [0.25, 0.3) is 0 Å². The Kier molecular flexibility index (Phi) is 5.62. The zero-order valence-electron chi connectivity index (χ0n) is 22.3. The monoisotopic (exact) mass is 525 g/mol. The van der Waals surface area contributed by atoms with E-state index in [2.05, 4.69) is 68.2 Å². The van der Waals surface area contributed by atoms with Crippen LogP contribution >= 0.6 is 0 Å². The van der Waals surface area contributed by atoms with Crippen molar-refractivity contribution in [2.24, 2.45) is 7.05 Å². The van der Waals surface area contributed by atoms with Gasteiger partial charge in [0.15, 0.2) is 0 Å². The van der Waals surface area contributed by atoms with Crippen molar-refractivity contribution in [2.45, 2.75) is 31.5 Å². The molecule has 196 valence electrons. The average molecular weight is 526 g/mol. The molecule has 40 heavy (non-hydrogen) atoms. The van der Waals surface area contributed by atoms with Crippen LogP contribution in [0.1, 0.15) is 36.3 Å². The lowest BCUT2D eigenvalue weighted by Gasteiger charge is -2.58. The second kappa shape index (κ2) is 9.33. The second-order valence-electron chi connectivity index (χ2n) is 10.6. The maximum absolute atomic E-state index is 9.73. The van der Waals surface area contributed by atoms with Crippen LogP contribution in [0.25, 0.3) is 27.8 Å². The molecule has 3 fully saturated rings. The van der Waals surface area contributed by atoms with Crippen molar-refractivity contribution in [3.8, 4) is 40.7 Å². The molecular formula is C31H27N9. The molecule has 3 atom stereocenters. The van der Waals surface area contributed by atoms with E-state index in [1.54, 1.807) is 15.4 Å². The SMILES string of the molecule is C#Cc1cccc(C(C)N2C3CC2CN(c2ccc(-c4cc(-c5cnn(C)c5)cn5ncc(C#N)c45)cn2)C3)n1. The van der Waals surface area contributed by atoms with Crippen LogP contribution in [0.4, 0.5) is 5.82 Å². The molecule has 3 unspecified atom stereocenters. The van der Waals surface area contributed by atoms with E-state index in [0.717, 1.165) is 52.4 Å². The lowest BCUT2D eigenvalue weighted by atomic mass is 9.85. The molecule has 0 aliphatic carbocycles. The van der Waals surface area contributed by atoms with E-state index in [0.29, 0.717) is 23.3 Å². The van der Waals surface area contributed by atoms with E-state index < -0.39 is 0 Å². The minimum absolute atomic E-state index is 0.217. The van der Waals surface area contributed by atoms with Crippen molar-refractivity contribution in [2.75, 3.05) is 18.0 Å². The van der Waals surface area contributed by atoms with Crippen LogP contribution in [0.2, 0.25) is 0 Å². The average Bonchev–Trinajstić information content (AvgIpc) is 3.62. The summed E-state index contributed by atoms with van der Waals surface area (Å²) in [7, 11) is 1.89. The van der Waals surface area contributed by atoms with Gasteiger partial charge in [-0.25, -0.2) is 14.5 Å². The van der Waals surface area contributed by atoms with Crippen LogP contribution in [0.3, 0.4) is 0 Å². The zero-order valence-corrected chi connectivity index (χ0v) is 22.3. The zero-order chi connectivity index (χ0) is 27.4. The van der Waals surface area contributed by atoms with Gasteiger partial charge in [-0.15, -0.1) is 6.42 Å². The van der Waals surface area contributed by atoms with Gasteiger partial charge in [0.1, 0.15) is 17.6 Å². The Morgan fingerprint density at radius 3 is 2.55 bits per heavy atom. The van der Waals surface area contributed by atoms with Crippen molar-refractivity contribution in [3.63, 3.8) is 0 Å². The molecule has 5 aromatic heterocycles. The molecule has 8 heterocycles. The van der Waals surface area contributed by atoms with E-state index in [1.807, 2.05) is 44.0 Å². The quantitative estimate of drug-likeness (QED) is 0.320. The van der Waals surface area contributed by atoms with Gasteiger partial charge in [-0.1, -0.05) is 12.0 Å². The highest BCUT2D eigenvalue weighted by atomic mass is 15.4. The van der Waals surface area contributed by atoms with E-state index in [1.165, 1.54) is 6.42 Å². The van der Waals surface area contributed by atoms with Crippen molar-refractivity contribution in [1.29, 1.82) is 5.26 Å². The molecule has 9 nitrogen and oxygen atoms in total. The molecule has 3 aliphatic rings. The van der Waals surface area contributed by atoms with Crippen LogP contribution < -0.4 is 4.90 Å². The number of aromatic nitrogens is 6. The summed E-state index contributed by atoms with van der Waals surface area (Å²) in [6, 6.07) is 15.6. The summed E-state index contributed by atoms with van der Waals surface area (Å²) in [6.07, 6.45) is 16.0. The normalized spacial score (nSPS) is 19.1. The molecule has 5 aromatic rings. The molecule has 2 bridgehead atoms. The summed E-state index contributed by atoms with van der Waals surface area (Å²) in [5.41, 5.74) is 6.82. The molecule has 0 amide bonds. The molecule has 0 N–H and O–H groups in total. The fraction of sp³-hybridized carbons (Fsp3) is 0.258. The molecular weight excluding hydrogens is 498 g/mol. The first-order valence-corrected chi connectivity index (χ1v) is 13.4. The van der Waals surface area contributed by atoms with Gasteiger partial charge in [0.2, 0.25) is 0 Å². The van der Waals surface area contributed by atoms with Gasteiger partial charge in [0.05, 0.1) is 29.2 Å². The van der Waals surface area contributed by atoms with Crippen molar-refractivity contribution in [1.82, 2.24) is 34.3 Å². The maximum Gasteiger partial charge on any atom is 0.128 e. The number of rotatable bonds is 5. The number of anilines is 1. The van der Waals surface area contributed by atoms with Crippen LogP contribution in [0, 0.1) is 23.7 Å². The molecule has 0 saturated carbocycles. The first kappa shape index (κ1) is 24.1. The van der Waals surface area contributed by atoms with E-state index in [-0.39, 0.29) is 6.04 Å². The fourth-order valence-corrected chi connectivity index (χ4v) is 6.26. The molecule has 8 rings (SSSR count). The lowest BCUT2D eigenvalue weighted by molar-refractivity contribution is -0.0356. The van der Waals surface area contributed by atoms with Gasteiger partial charge in [-0.3, -0.25) is 9.58 Å². The summed E-state index contributed by atoms with van der Waals surface area (Å²) < 4.78 is 3.54. The van der Waals surface area contributed by atoms with E-state index >= 15 is 0 Å². The standard InChI is InChI=1S/C31H27N9/c1-4-25-6-5-7-29(36-25)20(2)40-26-11-27(40)19-38(18-26)30-9-8-21(13-33-30)28-10-22(24-15-34-37(3)16-24)17-39-31(28)23(12-32)14-35-39/h1,5-10,13-17,20,26-27H,11,18-19H2,2-3H3. The number of nitriles is 1. The third-order valence-corrected chi connectivity index (χ3v) is 8.20. The van der Waals surface area contributed by atoms with Gasteiger partial charge < -0.3 is 4.90 Å². The van der Waals surface area contributed by atoms with Crippen LogP contribution in [-0.4, -0.2) is 59.4 Å². The highest BCUT2D eigenvalue weighted by Crippen LogP contribution is 2.40. The maximum atomic E-state index is 9.73. The summed E-state index contributed by atoms with van der Waals surface area (Å²) in [5, 5.41) is 18.5. The van der Waals surface area contributed by atoms with Gasteiger partial charge in [-0.05, 0) is 43.7 Å². The van der Waals surface area contributed by atoms with Crippen molar-refractivity contribution < 1.29 is 0 Å². The third-order valence-electron chi connectivity index (χ3n) is 8.20. The number of fused-ring (bicyclic) bond motifs is 3. The van der Waals surface area contributed by atoms with Gasteiger partial charge in [0, 0.05) is 79.1 Å². The molecule has 0 spiro atoms. The van der Waals surface area contributed by atoms with E-state index in [9.17, 15) is 5.26 Å². The number of hydrogen-bond acceptors (Lipinski definition) is 7. The predicted molar refractivity (Wildman–Crippen MR) is 152 cm³/mol. The molecule has 3 saturated heterocycles. The minimum atomic E-state index is 0.217. The van der Waals surface area contributed by atoms with Crippen molar-refractivity contribution >= 4 is 11.3 Å². The second-order valence-corrected chi connectivity index (χ2v) is 10.6. The number of hydrogen-bond donors (Lipinski definition) is 0. The van der Waals surface area contributed by atoms with Gasteiger partial charge >= 0.3 is 0 Å². The summed E-state index contributed by atoms with van der Waals surface area (Å²) >= 11 is 0. The first-order chi connectivity index (χ1) is 19.5. The predicted octanol–water partition coefficient (Wildman–Crippen LogP) is 4.07. The van der Waals surface area contributed by atoms with Crippen LogP contribution in [0.5, 0.6) is 0 Å². The molecule has 3 aliphatic heterocycles. The molecule has 0 aromatic carbocycles. The minimum Gasteiger partial charge on any atom is -0.353 e. The largest absolute Gasteiger partial charge is 0.353 e. The van der Waals surface area contributed by atoms with Crippen LogP contribution in [0.15, 0.2) is 67.4 Å². The fourth-order valence-electron chi connectivity index (χ4n) is 6.26. The summed E-state index contributed by atoms with van der Waals surface area (Å²) in [6.45, 7) is 4.06. The Hall–Kier alpha value is -4.99. The lowest BCUT2D eigenvalue weighted by Crippen LogP contribution is -2.69. The Balaban J connectivity index is 1.15.